The molecule has 21 heavy (non-hydrogen) atoms. The lowest BCUT2D eigenvalue weighted by atomic mass is 10.1. The summed E-state index contributed by atoms with van der Waals surface area (Å²) >= 11 is 0. The second kappa shape index (κ2) is 6.76. The maximum atomic E-state index is 5.80. The van der Waals surface area contributed by atoms with Gasteiger partial charge in [0.15, 0.2) is 0 Å². The van der Waals surface area contributed by atoms with Crippen LogP contribution in [-0.4, -0.2) is 29.4 Å². The minimum Gasteiger partial charge on any atom is -0.357 e. The zero-order valence-electron chi connectivity index (χ0n) is 13.5. The first-order chi connectivity index (χ1) is 10.1. The highest BCUT2D eigenvalue weighted by Crippen LogP contribution is 2.28. The number of hydrogen-bond donors (Lipinski definition) is 1. The monoisotopic (exact) mass is 286 g/mol. The van der Waals surface area contributed by atoms with Crippen LogP contribution in [-0.2, 0) is 6.42 Å². The van der Waals surface area contributed by atoms with Crippen molar-refractivity contribution in [2.45, 2.75) is 39.7 Å². The Hall–Kier alpha value is -1.81. The first-order valence-electron chi connectivity index (χ1n) is 7.67. The van der Waals surface area contributed by atoms with E-state index < -0.39 is 0 Å². The molecule has 0 spiro atoms. The zero-order valence-corrected chi connectivity index (χ0v) is 13.5. The van der Waals surface area contributed by atoms with Crippen molar-refractivity contribution >= 4 is 5.82 Å². The third-order valence-corrected chi connectivity index (χ3v) is 4.14. The third-order valence-electron chi connectivity index (χ3n) is 4.14. The molecule has 0 saturated heterocycles. The van der Waals surface area contributed by atoms with Gasteiger partial charge >= 0.3 is 0 Å². The van der Waals surface area contributed by atoms with E-state index in [9.17, 15) is 0 Å². The van der Waals surface area contributed by atoms with Gasteiger partial charge in [-0.05, 0) is 45.4 Å². The molecule has 4 heteroatoms. The predicted octanol–water partition coefficient (Wildman–Crippen LogP) is 2.92. The average Bonchev–Trinajstić information content (AvgIpc) is 2.84. The van der Waals surface area contributed by atoms with Crippen LogP contribution >= 0.6 is 0 Å². The Labute approximate surface area is 127 Å². The molecule has 0 fully saturated rings. The van der Waals surface area contributed by atoms with E-state index in [1.54, 1.807) is 0 Å². The number of benzene rings is 1. The first-order valence-corrected chi connectivity index (χ1v) is 7.67. The smallest absolute Gasteiger partial charge is 0.135 e. The normalized spacial score (nSPS) is 12.4. The molecule has 0 radical (unpaired) electrons. The van der Waals surface area contributed by atoms with E-state index in [1.807, 2.05) is 22.9 Å². The van der Waals surface area contributed by atoms with Gasteiger partial charge in [-0.2, -0.15) is 5.10 Å². The van der Waals surface area contributed by atoms with Crippen LogP contribution in [0.1, 0.15) is 31.5 Å². The Balaban J connectivity index is 2.57. The van der Waals surface area contributed by atoms with Crippen LogP contribution in [0, 0.1) is 6.92 Å². The number of aryl methyl sites for hydroxylation is 1. The van der Waals surface area contributed by atoms with Gasteiger partial charge in [0.1, 0.15) is 5.82 Å². The summed E-state index contributed by atoms with van der Waals surface area (Å²) in [6.45, 7) is 7.16. The summed E-state index contributed by atoms with van der Waals surface area (Å²) in [5, 5.41) is 4.76. The van der Waals surface area contributed by atoms with Gasteiger partial charge in [-0.3, -0.25) is 0 Å². The number of para-hydroxylation sites is 1. The Morgan fingerprint density at radius 3 is 2.52 bits per heavy atom. The molecular weight excluding hydrogens is 260 g/mol. The fourth-order valence-corrected chi connectivity index (χ4v) is 2.58. The van der Waals surface area contributed by atoms with Gasteiger partial charge in [-0.15, -0.1) is 0 Å². The van der Waals surface area contributed by atoms with Gasteiger partial charge in [0, 0.05) is 18.7 Å². The van der Waals surface area contributed by atoms with Crippen molar-refractivity contribution < 1.29 is 0 Å². The Kier molecular flexibility index (Phi) is 5.02. The molecule has 0 aliphatic rings. The zero-order chi connectivity index (χ0) is 15.4. The molecule has 114 valence electrons. The molecule has 0 saturated carbocycles. The van der Waals surface area contributed by atoms with Crippen LogP contribution in [0.25, 0.3) is 5.69 Å². The number of hydrogen-bond acceptors (Lipinski definition) is 3. The van der Waals surface area contributed by atoms with Crippen molar-refractivity contribution in [3.8, 4) is 5.69 Å². The lowest BCUT2D eigenvalue weighted by Crippen LogP contribution is -2.31. The summed E-state index contributed by atoms with van der Waals surface area (Å²) in [4.78, 5) is 2.32. The molecule has 1 heterocycles. The summed E-state index contributed by atoms with van der Waals surface area (Å²) in [7, 11) is 2.14. The topological polar surface area (TPSA) is 47.1 Å². The van der Waals surface area contributed by atoms with Crippen LogP contribution < -0.4 is 10.6 Å². The molecule has 0 amide bonds. The van der Waals surface area contributed by atoms with Crippen molar-refractivity contribution in [3.63, 3.8) is 0 Å². The van der Waals surface area contributed by atoms with Crippen LogP contribution in [0.15, 0.2) is 30.3 Å². The van der Waals surface area contributed by atoms with E-state index in [1.165, 1.54) is 11.4 Å². The highest BCUT2D eigenvalue weighted by atomic mass is 15.4. The van der Waals surface area contributed by atoms with Crippen molar-refractivity contribution in [3.05, 3.63) is 41.6 Å². The molecule has 1 aromatic heterocycles. The summed E-state index contributed by atoms with van der Waals surface area (Å²) in [5.41, 5.74) is 9.21. The van der Waals surface area contributed by atoms with Gasteiger partial charge in [0.2, 0.25) is 0 Å². The predicted molar refractivity (Wildman–Crippen MR) is 89.2 cm³/mol. The summed E-state index contributed by atoms with van der Waals surface area (Å²) in [6.07, 6.45) is 1.95. The van der Waals surface area contributed by atoms with E-state index in [-0.39, 0.29) is 0 Å². The van der Waals surface area contributed by atoms with E-state index in [0.29, 0.717) is 12.6 Å². The van der Waals surface area contributed by atoms with Gasteiger partial charge in [-0.25, -0.2) is 4.68 Å². The molecule has 2 rings (SSSR count). The SMILES string of the molecule is CCC(C)N(C)c1c(CCN)c(C)nn1-c1ccccc1. The molecule has 2 N–H and O–H groups in total. The molecule has 2 aromatic rings. The van der Waals surface area contributed by atoms with Crippen LogP contribution in [0.2, 0.25) is 0 Å². The van der Waals surface area contributed by atoms with Crippen LogP contribution in [0.4, 0.5) is 5.82 Å². The Morgan fingerprint density at radius 2 is 1.95 bits per heavy atom. The number of anilines is 1. The van der Waals surface area contributed by atoms with Crippen molar-refractivity contribution in [1.29, 1.82) is 0 Å². The fraction of sp³-hybridized carbons (Fsp3) is 0.471. The Bertz CT molecular complexity index is 574. The molecule has 0 aliphatic carbocycles. The van der Waals surface area contributed by atoms with Gasteiger partial charge < -0.3 is 10.6 Å². The van der Waals surface area contributed by atoms with Crippen molar-refractivity contribution in [2.24, 2.45) is 5.73 Å². The standard InChI is InChI=1S/C17H26N4/c1-5-13(2)20(4)17-16(11-12-18)14(3)19-21(17)15-9-7-6-8-10-15/h6-10,13H,5,11-12,18H2,1-4H3. The summed E-state index contributed by atoms with van der Waals surface area (Å²) in [5.74, 6) is 1.17. The first kappa shape index (κ1) is 15.6. The summed E-state index contributed by atoms with van der Waals surface area (Å²) < 4.78 is 2.05. The lowest BCUT2D eigenvalue weighted by Gasteiger charge is -2.28. The van der Waals surface area contributed by atoms with E-state index >= 15 is 0 Å². The van der Waals surface area contributed by atoms with E-state index in [2.05, 4.69) is 44.9 Å². The molecule has 1 unspecified atom stereocenters. The quantitative estimate of drug-likeness (QED) is 0.888. The molecule has 0 bridgehead atoms. The van der Waals surface area contributed by atoms with Gasteiger partial charge in [0.25, 0.3) is 0 Å². The van der Waals surface area contributed by atoms with Crippen molar-refractivity contribution in [1.82, 2.24) is 9.78 Å². The molecule has 1 atom stereocenters. The van der Waals surface area contributed by atoms with Gasteiger partial charge in [-0.1, -0.05) is 25.1 Å². The molecule has 0 aliphatic heterocycles. The number of rotatable bonds is 6. The number of nitrogens with two attached hydrogens (primary N) is 1. The summed E-state index contributed by atoms with van der Waals surface area (Å²) in [6, 6.07) is 10.8. The maximum Gasteiger partial charge on any atom is 0.135 e. The second-order valence-corrected chi connectivity index (χ2v) is 5.54. The fourth-order valence-electron chi connectivity index (χ4n) is 2.58. The molecule has 4 nitrogen and oxygen atoms in total. The van der Waals surface area contributed by atoms with Crippen LogP contribution in [0.3, 0.4) is 0 Å². The van der Waals surface area contributed by atoms with E-state index in [0.717, 1.165) is 24.2 Å². The number of nitrogens with zero attached hydrogens (tertiary/aromatic N) is 3. The molecule has 1 aromatic carbocycles. The Morgan fingerprint density at radius 1 is 1.29 bits per heavy atom. The molecular formula is C17H26N4. The van der Waals surface area contributed by atoms with Crippen LogP contribution in [0.5, 0.6) is 0 Å². The number of aromatic nitrogens is 2. The van der Waals surface area contributed by atoms with Gasteiger partial charge in [0.05, 0.1) is 11.4 Å². The minimum atomic E-state index is 0.458. The minimum absolute atomic E-state index is 0.458. The highest BCUT2D eigenvalue weighted by molar-refractivity contribution is 5.55. The average molecular weight is 286 g/mol. The third kappa shape index (κ3) is 3.10. The van der Waals surface area contributed by atoms with E-state index in [4.69, 9.17) is 10.8 Å². The highest BCUT2D eigenvalue weighted by Gasteiger charge is 2.21. The van der Waals surface area contributed by atoms with Crippen molar-refractivity contribution in [2.75, 3.05) is 18.5 Å². The second-order valence-electron chi connectivity index (χ2n) is 5.54. The maximum absolute atomic E-state index is 5.80. The lowest BCUT2D eigenvalue weighted by molar-refractivity contribution is 0.642. The largest absolute Gasteiger partial charge is 0.357 e.